The van der Waals surface area contributed by atoms with Crippen molar-refractivity contribution in [3.05, 3.63) is 60.7 Å². The van der Waals surface area contributed by atoms with Gasteiger partial charge >= 0.3 is 6.03 Å². The largest absolute Gasteiger partial charge is 0.330 e. The van der Waals surface area contributed by atoms with Gasteiger partial charge in [-0.2, -0.15) is 0 Å². The summed E-state index contributed by atoms with van der Waals surface area (Å²) in [5, 5.41) is 0. The second-order valence-electron chi connectivity index (χ2n) is 4.18. The number of benzene rings is 2. The molecule has 0 unspecified atom stereocenters. The fourth-order valence-electron chi connectivity index (χ4n) is 1.72. The predicted molar refractivity (Wildman–Crippen MR) is 74.1 cm³/mol. The minimum atomic E-state index is -0.0626. The number of carbonyl (C=O) groups is 1. The molecule has 0 N–H and O–H groups in total. The number of amides is 2. The van der Waals surface area contributed by atoms with E-state index in [-0.39, 0.29) is 6.03 Å². The Kier molecular flexibility index (Phi) is 3.63. The second-order valence-corrected chi connectivity index (χ2v) is 4.18. The number of nitrogens with zero attached hydrogens (tertiary/aromatic N) is 2. The average Bonchev–Trinajstić information content (AvgIpc) is 2.41. The van der Waals surface area contributed by atoms with Crippen molar-refractivity contribution in [2.75, 3.05) is 19.0 Å². The highest BCUT2D eigenvalue weighted by Crippen LogP contribution is 2.25. The van der Waals surface area contributed by atoms with E-state index in [0.717, 1.165) is 11.4 Å². The van der Waals surface area contributed by atoms with Crippen molar-refractivity contribution >= 4 is 17.4 Å². The minimum absolute atomic E-state index is 0.0626. The number of hydrogen-bond donors (Lipinski definition) is 0. The van der Waals surface area contributed by atoms with Crippen LogP contribution >= 0.6 is 0 Å². The zero-order chi connectivity index (χ0) is 13.0. The molecule has 0 heterocycles. The summed E-state index contributed by atoms with van der Waals surface area (Å²) in [4.78, 5) is 15.6. The molecular formula is C15H16N2O. The van der Waals surface area contributed by atoms with Crippen LogP contribution in [0.1, 0.15) is 0 Å². The molecule has 0 aromatic heterocycles. The predicted octanol–water partition coefficient (Wildman–Crippen LogP) is 3.51. The molecule has 2 aromatic rings. The van der Waals surface area contributed by atoms with Crippen molar-refractivity contribution in [3.8, 4) is 0 Å². The number of para-hydroxylation sites is 2. The van der Waals surface area contributed by atoms with Gasteiger partial charge < -0.3 is 4.90 Å². The number of urea groups is 1. The van der Waals surface area contributed by atoms with Crippen molar-refractivity contribution in [1.29, 1.82) is 0 Å². The summed E-state index contributed by atoms with van der Waals surface area (Å²) >= 11 is 0. The lowest BCUT2D eigenvalue weighted by Crippen LogP contribution is -2.35. The smallest absolute Gasteiger partial charge is 0.328 e. The van der Waals surface area contributed by atoms with Crippen molar-refractivity contribution in [2.24, 2.45) is 0 Å². The standard InChI is InChI=1S/C15H16N2O/c1-16(2)15(18)17(13-9-5-3-6-10-13)14-11-7-4-8-12-14/h3-12H,1-2H3. The van der Waals surface area contributed by atoms with Crippen LogP contribution in [0.3, 0.4) is 0 Å². The lowest BCUT2D eigenvalue weighted by atomic mass is 10.2. The van der Waals surface area contributed by atoms with Crippen LogP contribution in [0.5, 0.6) is 0 Å². The zero-order valence-electron chi connectivity index (χ0n) is 10.6. The van der Waals surface area contributed by atoms with Crippen LogP contribution in [0, 0.1) is 0 Å². The summed E-state index contributed by atoms with van der Waals surface area (Å²) in [5.74, 6) is 0. The number of hydrogen-bond acceptors (Lipinski definition) is 1. The molecule has 0 spiro atoms. The first kappa shape index (κ1) is 12.2. The van der Waals surface area contributed by atoms with E-state index in [1.165, 1.54) is 0 Å². The van der Waals surface area contributed by atoms with Gasteiger partial charge in [0.1, 0.15) is 0 Å². The van der Waals surface area contributed by atoms with E-state index in [4.69, 9.17) is 0 Å². The maximum absolute atomic E-state index is 12.3. The highest BCUT2D eigenvalue weighted by atomic mass is 16.2. The molecule has 0 saturated carbocycles. The third kappa shape index (κ3) is 2.51. The van der Waals surface area contributed by atoms with Crippen LogP contribution in [-0.2, 0) is 0 Å². The molecular weight excluding hydrogens is 224 g/mol. The lowest BCUT2D eigenvalue weighted by molar-refractivity contribution is 0.226. The normalized spacial score (nSPS) is 9.89. The summed E-state index contributed by atoms with van der Waals surface area (Å²) in [6, 6.07) is 19.2. The molecule has 0 fully saturated rings. The Morgan fingerprint density at radius 1 is 0.778 bits per heavy atom. The molecule has 0 aliphatic rings. The van der Waals surface area contributed by atoms with Crippen LogP contribution in [0.2, 0.25) is 0 Å². The van der Waals surface area contributed by atoms with Crippen molar-refractivity contribution in [1.82, 2.24) is 4.90 Å². The summed E-state index contributed by atoms with van der Waals surface area (Å²) < 4.78 is 0. The van der Waals surface area contributed by atoms with Gasteiger partial charge in [0.25, 0.3) is 0 Å². The zero-order valence-corrected chi connectivity index (χ0v) is 10.6. The first-order chi connectivity index (χ1) is 8.70. The molecule has 0 atom stereocenters. The molecule has 2 rings (SSSR count). The third-order valence-corrected chi connectivity index (χ3v) is 2.60. The SMILES string of the molecule is CN(C)C(=O)N(c1ccccc1)c1ccccc1. The summed E-state index contributed by atoms with van der Waals surface area (Å²) in [7, 11) is 3.50. The average molecular weight is 240 g/mol. The van der Waals surface area contributed by atoms with Gasteiger partial charge in [-0.05, 0) is 24.3 Å². The molecule has 3 heteroatoms. The second kappa shape index (κ2) is 5.36. The van der Waals surface area contributed by atoms with Gasteiger partial charge in [0, 0.05) is 14.1 Å². The molecule has 3 nitrogen and oxygen atoms in total. The molecule has 18 heavy (non-hydrogen) atoms. The fraction of sp³-hybridized carbons (Fsp3) is 0.133. The summed E-state index contributed by atoms with van der Waals surface area (Å²) in [6.45, 7) is 0. The quantitative estimate of drug-likeness (QED) is 0.788. The first-order valence-corrected chi connectivity index (χ1v) is 5.81. The molecule has 0 bridgehead atoms. The first-order valence-electron chi connectivity index (χ1n) is 5.81. The van der Waals surface area contributed by atoms with Crippen LogP contribution in [0.25, 0.3) is 0 Å². The van der Waals surface area contributed by atoms with E-state index in [1.807, 2.05) is 60.7 Å². The fourth-order valence-corrected chi connectivity index (χ4v) is 1.72. The van der Waals surface area contributed by atoms with Crippen LogP contribution in [0.4, 0.5) is 16.2 Å². The van der Waals surface area contributed by atoms with E-state index >= 15 is 0 Å². The van der Waals surface area contributed by atoms with Crippen LogP contribution < -0.4 is 4.90 Å². The Balaban J connectivity index is 2.45. The Bertz CT molecular complexity index is 469. The van der Waals surface area contributed by atoms with Crippen molar-refractivity contribution in [3.63, 3.8) is 0 Å². The maximum atomic E-state index is 12.3. The monoisotopic (exact) mass is 240 g/mol. The lowest BCUT2D eigenvalue weighted by Gasteiger charge is -2.26. The summed E-state index contributed by atoms with van der Waals surface area (Å²) in [6.07, 6.45) is 0. The Morgan fingerprint density at radius 3 is 1.50 bits per heavy atom. The Morgan fingerprint density at radius 2 is 1.17 bits per heavy atom. The molecule has 0 aliphatic heterocycles. The maximum Gasteiger partial charge on any atom is 0.328 e. The van der Waals surface area contributed by atoms with E-state index < -0.39 is 0 Å². The van der Waals surface area contributed by atoms with Crippen molar-refractivity contribution < 1.29 is 4.79 Å². The number of carbonyl (C=O) groups excluding carboxylic acids is 1. The minimum Gasteiger partial charge on any atom is -0.330 e. The van der Waals surface area contributed by atoms with Crippen LogP contribution in [-0.4, -0.2) is 25.0 Å². The van der Waals surface area contributed by atoms with E-state index in [9.17, 15) is 4.79 Å². The van der Waals surface area contributed by atoms with Gasteiger partial charge in [-0.15, -0.1) is 0 Å². The van der Waals surface area contributed by atoms with Gasteiger partial charge in [0.05, 0.1) is 11.4 Å². The van der Waals surface area contributed by atoms with E-state index in [1.54, 1.807) is 23.9 Å². The molecule has 2 aromatic carbocycles. The van der Waals surface area contributed by atoms with Gasteiger partial charge in [-0.1, -0.05) is 36.4 Å². The molecule has 0 radical (unpaired) electrons. The molecule has 0 aliphatic carbocycles. The van der Waals surface area contributed by atoms with Gasteiger partial charge in [0.2, 0.25) is 0 Å². The molecule has 0 saturated heterocycles. The Hall–Kier alpha value is -2.29. The molecule has 92 valence electrons. The van der Waals surface area contributed by atoms with Crippen molar-refractivity contribution in [2.45, 2.75) is 0 Å². The number of rotatable bonds is 2. The van der Waals surface area contributed by atoms with E-state index in [2.05, 4.69) is 0 Å². The summed E-state index contributed by atoms with van der Waals surface area (Å²) in [5.41, 5.74) is 1.73. The van der Waals surface area contributed by atoms with Crippen LogP contribution in [0.15, 0.2) is 60.7 Å². The van der Waals surface area contributed by atoms with E-state index in [0.29, 0.717) is 0 Å². The highest BCUT2D eigenvalue weighted by molar-refractivity contribution is 5.99. The molecule has 2 amide bonds. The van der Waals surface area contributed by atoms with Gasteiger partial charge in [0.15, 0.2) is 0 Å². The van der Waals surface area contributed by atoms with Gasteiger partial charge in [-0.25, -0.2) is 4.79 Å². The Labute approximate surface area is 107 Å². The number of anilines is 2. The topological polar surface area (TPSA) is 23.6 Å². The van der Waals surface area contributed by atoms with Gasteiger partial charge in [-0.3, -0.25) is 4.90 Å². The third-order valence-electron chi connectivity index (χ3n) is 2.60. The highest BCUT2D eigenvalue weighted by Gasteiger charge is 2.18.